The van der Waals surface area contributed by atoms with Gasteiger partial charge in [0.15, 0.2) is 0 Å². The molecule has 0 saturated heterocycles. The molecule has 0 radical (unpaired) electrons. The minimum Gasteiger partial charge on any atom is -0.383 e. The summed E-state index contributed by atoms with van der Waals surface area (Å²) in [6.07, 6.45) is 5.73. The Morgan fingerprint density at radius 1 is 1.36 bits per heavy atom. The zero-order chi connectivity index (χ0) is 8.10. The Bertz CT molecular complexity index is 227. The van der Waals surface area contributed by atoms with Crippen LogP contribution in [0.2, 0.25) is 0 Å². The lowest BCUT2D eigenvalue weighted by molar-refractivity contribution is 0.567. The molecule has 58 valence electrons. The minimum absolute atomic E-state index is 0.987. The van der Waals surface area contributed by atoms with Crippen LogP contribution in [0.25, 0.3) is 6.08 Å². The number of rotatable bonds is 2. The van der Waals surface area contributed by atoms with Crippen LogP contribution in [0.1, 0.15) is 5.69 Å². The van der Waals surface area contributed by atoms with Crippen LogP contribution in [0, 0.1) is 0 Å². The second-order valence-corrected chi connectivity index (χ2v) is 2.53. The Morgan fingerprint density at radius 3 is 2.73 bits per heavy atom. The van der Waals surface area contributed by atoms with Crippen LogP contribution in [0.15, 0.2) is 30.6 Å². The first-order valence-electron chi connectivity index (χ1n) is 3.55. The molecule has 1 rings (SSSR count). The summed E-state index contributed by atoms with van der Waals surface area (Å²) in [6, 6.07) is 5.86. The van der Waals surface area contributed by atoms with E-state index in [9.17, 15) is 0 Å². The van der Waals surface area contributed by atoms with E-state index in [2.05, 4.69) is 4.98 Å². The van der Waals surface area contributed by atoms with Crippen molar-refractivity contribution in [2.24, 2.45) is 0 Å². The Morgan fingerprint density at radius 2 is 2.18 bits per heavy atom. The largest absolute Gasteiger partial charge is 0.383 e. The molecular weight excluding hydrogens is 136 g/mol. The molecular formula is C9H12N2. The van der Waals surface area contributed by atoms with Gasteiger partial charge in [-0.05, 0) is 18.2 Å². The van der Waals surface area contributed by atoms with E-state index in [0.717, 1.165) is 5.69 Å². The summed E-state index contributed by atoms with van der Waals surface area (Å²) in [5.74, 6) is 0. The predicted molar refractivity (Wildman–Crippen MR) is 47.0 cm³/mol. The molecule has 0 unspecified atom stereocenters. The molecule has 2 nitrogen and oxygen atoms in total. The van der Waals surface area contributed by atoms with Crippen LogP contribution < -0.4 is 0 Å². The van der Waals surface area contributed by atoms with Crippen molar-refractivity contribution in [1.29, 1.82) is 0 Å². The first-order valence-corrected chi connectivity index (χ1v) is 3.55. The molecule has 0 aliphatic heterocycles. The van der Waals surface area contributed by atoms with Gasteiger partial charge in [0.1, 0.15) is 0 Å². The van der Waals surface area contributed by atoms with E-state index >= 15 is 0 Å². The van der Waals surface area contributed by atoms with Crippen molar-refractivity contribution in [1.82, 2.24) is 9.88 Å². The van der Waals surface area contributed by atoms with Gasteiger partial charge in [-0.1, -0.05) is 6.07 Å². The molecule has 1 heterocycles. The maximum absolute atomic E-state index is 4.14. The molecule has 0 bridgehead atoms. The van der Waals surface area contributed by atoms with Gasteiger partial charge in [-0.3, -0.25) is 4.98 Å². The maximum atomic E-state index is 4.14. The fraction of sp³-hybridized carbons (Fsp3) is 0.222. The highest BCUT2D eigenvalue weighted by Gasteiger charge is 1.83. The highest BCUT2D eigenvalue weighted by molar-refractivity contribution is 5.42. The summed E-state index contributed by atoms with van der Waals surface area (Å²) in [6.45, 7) is 0. The van der Waals surface area contributed by atoms with Gasteiger partial charge in [-0.15, -0.1) is 0 Å². The average Bonchev–Trinajstić information content (AvgIpc) is 2.03. The molecule has 0 N–H and O–H groups in total. The lowest BCUT2D eigenvalue weighted by Gasteiger charge is -2.01. The third kappa shape index (κ3) is 2.85. The smallest absolute Gasteiger partial charge is 0.0644 e. The average molecular weight is 148 g/mol. The summed E-state index contributed by atoms with van der Waals surface area (Å²) < 4.78 is 0. The van der Waals surface area contributed by atoms with Crippen molar-refractivity contribution in [3.05, 3.63) is 36.3 Å². The summed E-state index contributed by atoms with van der Waals surface area (Å²) in [7, 11) is 3.97. The van der Waals surface area contributed by atoms with Gasteiger partial charge in [0, 0.05) is 26.5 Å². The van der Waals surface area contributed by atoms with Gasteiger partial charge in [0.25, 0.3) is 0 Å². The fourth-order valence-corrected chi connectivity index (χ4v) is 0.700. The Kier molecular flexibility index (Phi) is 2.66. The van der Waals surface area contributed by atoms with Crippen LogP contribution in [0.3, 0.4) is 0 Å². The second kappa shape index (κ2) is 3.76. The molecule has 11 heavy (non-hydrogen) atoms. The van der Waals surface area contributed by atoms with Gasteiger partial charge in [0.05, 0.1) is 5.69 Å². The van der Waals surface area contributed by atoms with Gasteiger partial charge in [0.2, 0.25) is 0 Å². The Hall–Kier alpha value is -1.31. The third-order valence-electron chi connectivity index (χ3n) is 1.23. The molecule has 0 amide bonds. The highest BCUT2D eigenvalue weighted by atomic mass is 15.0. The molecule has 0 aliphatic rings. The fourth-order valence-electron chi connectivity index (χ4n) is 0.700. The molecule has 0 fully saturated rings. The molecule has 0 spiro atoms. The first-order chi connectivity index (χ1) is 5.29. The molecule has 0 saturated carbocycles. The summed E-state index contributed by atoms with van der Waals surface area (Å²) in [4.78, 5) is 6.12. The number of pyridine rings is 1. The van der Waals surface area contributed by atoms with E-state index in [1.807, 2.05) is 49.5 Å². The van der Waals surface area contributed by atoms with Gasteiger partial charge < -0.3 is 4.90 Å². The van der Waals surface area contributed by atoms with Gasteiger partial charge in [-0.25, -0.2) is 0 Å². The van der Waals surface area contributed by atoms with Crippen molar-refractivity contribution < 1.29 is 0 Å². The second-order valence-electron chi connectivity index (χ2n) is 2.53. The number of aromatic nitrogens is 1. The van der Waals surface area contributed by atoms with Gasteiger partial charge >= 0.3 is 0 Å². The van der Waals surface area contributed by atoms with Crippen LogP contribution in [0.5, 0.6) is 0 Å². The third-order valence-corrected chi connectivity index (χ3v) is 1.23. The van der Waals surface area contributed by atoms with E-state index in [4.69, 9.17) is 0 Å². The lowest BCUT2D eigenvalue weighted by Crippen LogP contribution is -1.99. The quantitative estimate of drug-likeness (QED) is 0.633. The summed E-state index contributed by atoms with van der Waals surface area (Å²) >= 11 is 0. The van der Waals surface area contributed by atoms with E-state index in [-0.39, 0.29) is 0 Å². The highest BCUT2D eigenvalue weighted by Crippen LogP contribution is 1.95. The SMILES string of the molecule is CN(C)C=Cc1ccccn1. The van der Waals surface area contributed by atoms with Gasteiger partial charge in [-0.2, -0.15) is 0 Å². The monoisotopic (exact) mass is 148 g/mol. The van der Waals surface area contributed by atoms with Crippen molar-refractivity contribution in [3.8, 4) is 0 Å². The van der Waals surface area contributed by atoms with Crippen molar-refractivity contribution in [2.75, 3.05) is 14.1 Å². The number of hydrogen-bond donors (Lipinski definition) is 0. The molecule has 0 aliphatic carbocycles. The lowest BCUT2D eigenvalue weighted by atomic mass is 10.3. The van der Waals surface area contributed by atoms with Crippen LogP contribution in [0.4, 0.5) is 0 Å². The van der Waals surface area contributed by atoms with E-state index in [1.54, 1.807) is 6.20 Å². The molecule has 1 aromatic rings. The maximum Gasteiger partial charge on any atom is 0.0644 e. The zero-order valence-electron chi connectivity index (χ0n) is 6.86. The molecule has 0 atom stereocenters. The Labute approximate surface area is 67.2 Å². The first kappa shape index (κ1) is 7.79. The minimum atomic E-state index is 0.987. The zero-order valence-corrected chi connectivity index (χ0v) is 6.86. The van der Waals surface area contributed by atoms with E-state index in [0.29, 0.717) is 0 Å². The van der Waals surface area contributed by atoms with Crippen molar-refractivity contribution in [3.63, 3.8) is 0 Å². The molecule has 1 aromatic heterocycles. The standard InChI is InChI=1S/C9H12N2/c1-11(2)8-6-9-5-3-4-7-10-9/h3-8H,1-2H3. The van der Waals surface area contributed by atoms with E-state index in [1.165, 1.54) is 0 Å². The molecule has 2 heteroatoms. The van der Waals surface area contributed by atoms with Crippen molar-refractivity contribution >= 4 is 6.08 Å². The molecule has 0 aromatic carbocycles. The van der Waals surface area contributed by atoms with E-state index < -0.39 is 0 Å². The Balaban J connectivity index is 2.65. The van der Waals surface area contributed by atoms with Crippen LogP contribution >= 0.6 is 0 Å². The number of nitrogens with zero attached hydrogens (tertiary/aromatic N) is 2. The predicted octanol–water partition coefficient (Wildman–Crippen LogP) is 1.61. The van der Waals surface area contributed by atoms with Crippen molar-refractivity contribution in [2.45, 2.75) is 0 Å². The number of hydrogen-bond acceptors (Lipinski definition) is 2. The summed E-state index contributed by atoms with van der Waals surface area (Å²) in [5, 5.41) is 0. The topological polar surface area (TPSA) is 16.1 Å². The summed E-state index contributed by atoms with van der Waals surface area (Å²) in [5.41, 5.74) is 0.987. The van der Waals surface area contributed by atoms with Crippen LogP contribution in [-0.4, -0.2) is 24.0 Å². The van der Waals surface area contributed by atoms with Crippen LogP contribution in [-0.2, 0) is 0 Å². The normalized spacial score (nSPS) is 10.4.